The summed E-state index contributed by atoms with van der Waals surface area (Å²) >= 11 is 5.93. The second kappa shape index (κ2) is 7.23. The van der Waals surface area contributed by atoms with Crippen LogP contribution in [-0.4, -0.2) is 28.1 Å². The van der Waals surface area contributed by atoms with Crippen LogP contribution in [-0.2, 0) is 6.54 Å². The van der Waals surface area contributed by atoms with E-state index < -0.39 is 0 Å². The molecule has 1 N–H and O–H groups in total. The van der Waals surface area contributed by atoms with Gasteiger partial charge in [-0.25, -0.2) is 4.98 Å². The van der Waals surface area contributed by atoms with Crippen molar-refractivity contribution in [1.29, 1.82) is 0 Å². The number of aliphatic hydroxyl groups is 1. The van der Waals surface area contributed by atoms with Crippen molar-refractivity contribution in [3.8, 4) is 0 Å². The van der Waals surface area contributed by atoms with Gasteiger partial charge in [0.2, 0.25) is 0 Å². The Kier molecular flexibility index (Phi) is 5.08. The highest BCUT2D eigenvalue weighted by Gasteiger charge is 2.26. The maximum atomic E-state index is 10.5. The van der Waals surface area contributed by atoms with Crippen molar-refractivity contribution in [1.82, 2.24) is 9.88 Å². The lowest BCUT2D eigenvalue weighted by molar-refractivity contribution is 0.0568. The van der Waals surface area contributed by atoms with Gasteiger partial charge in [0, 0.05) is 12.7 Å². The number of hydrogen-bond acceptors (Lipinski definition) is 3. The fraction of sp³-hybridized carbons (Fsp3) is 0.389. The smallest absolute Gasteiger partial charge is 0.129 e. The van der Waals surface area contributed by atoms with Gasteiger partial charge in [0.05, 0.1) is 6.10 Å². The fourth-order valence-corrected chi connectivity index (χ4v) is 3.34. The maximum absolute atomic E-state index is 10.5. The van der Waals surface area contributed by atoms with E-state index in [9.17, 15) is 5.11 Å². The van der Waals surface area contributed by atoms with E-state index in [1.54, 1.807) is 6.20 Å². The third-order valence-electron chi connectivity index (χ3n) is 4.42. The lowest BCUT2D eigenvalue weighted by atomic mass is 9.87. The average molecular weight is 317 g/mol. The molecule has 3 rings (SSSR count). The third kappa shape index (κ3) is 3.86. The molecule has 2 aromatic rings. The van der Waals surface area contributed by atoms with Gasteiger partial charge >= 0.3 is 0 Å². The van der Waals surface area contributed by atoms with Gasteiger partial charge in [0.15, 0.2) is 0 Å². The van der Waals surface area contributed by atoms with E-state index in [0.29, 0.717) is 11.1 Å². The third-order valence-corrected chi connectivity index (χ3v) is 4.62. The van der Waals surface area contributed by atoms with Crippen LogP contribution in [0.3, 0.4) is 0 Å². The van der Waals surface area contributed by atoms with Crippen molar-refractivity contribution in [2.24, 2.45) is 5.92 Å². The Morgan fingerprint density at radius 3 is 2.59 bits per heavy atom. The van der Waals surface area contributed by atoms with Gasteiger partial charge in [0.1, 0.15) is 5.15 Å². The molecule has 1 atom stereocenters. The number of aliphatic hydroxyl groups excluding tert-OH is 1. The molecule has 0 bridgehead atoms. The Morgan fingerprint density at radius 2 is 1.91 bits per heavy atom. The minimum absolute atomic E-state index is 0.347. The summed E-state index contributed by atoms with van der Waals surface area (Å²) in [6, 6.07) is 13.9. The first kappa shape index (κ1) is 15.5. The van der Waals surface area contributed by atoms with Crippen LogP contribution in [0.1, 0.15) is 30.1 Å². The summed E-state index contributed by atoms with van der Waals surface area (Å²) in [7, 11) is 0. The quantitative estimate of drug-likeness (QED) is 0.874. The highest BCUT2D eigenvalue weighted by molar-refractivity contribution is 6.29. The van der Waals surface area contributed by atoms with Crippen LogP contribution < -0.4 is 0 Å². The zero-order valence-corrected chi connectivity index (χ0v) is 13.3. The van der Waals surface area contributed by atoms with Crippen LogP contribution in [0.4, 0.5) is 0 Å². The van der Waals surface area contributed by atoms with Gasteiger partial charge in [-0.05, 0) is 55.1 Å². The fourth-order valence-electron chi connectivity index (χ4n) is 3.15. The predicted molar refractivity (Wildman–Crippen MR) is 88.6 cm³/mol. The minimum atomic E-state index is -0.348. The first-order chi connectivity index (χ1) is 10.7. The summed E-state index contributed by atoms with van der Waals surface area (Å²) in [5, 5.41) is 11.1. The van der Waals surface area contributed by atoms with E-state index in [2.05, 4.69) is 9.88 Å². The Hall–Kier alpha value is -1.42. The van der Waals surface area contributed by atoms with Gasteiger partial charge in [-0.3, -0.25) is 4.90 Å². The van der Waals surface area contributed by atoms with Crippen LogP contribution in [0.2, 0.25) is 5.15 Å². The molecule has 0 saturated carbocycles. The topological polar surface area (TPSA) is 36.4 Å². The van der Waals surface area contributed by atoms with Gasteiger partial charge < -0.3 is 5.11 Å². The van der Waals surface area contributed by atoms with Crippen molar-refractivity contribution >= 4 is 11.6 Å². The maximum Gasteiger partial charge on any atom is 0.129 e. The molecule has 116 valence electrons. The number of nitrogens with zero attached hydrogens (tertiary/aromatic N) is 2. The summed E-state index contributed by atoms with van der Waals surface area (Å²) in [5.74, 6) is 0.347. The summed E-state index contributed by atoms with van der Waals surface area (Å²) in [6.45, 7) is 2.92. The van der Waals surface area contributed by atoms with Gasteiger partial charge in [0.25, 0.3) is 0 Å². The number of benzene rings is 1. The lowest BCUT2D eigenvalue weighted by Gasteiger charge is -2.34. The lowest BCUT2D eigenvalue weighted by Crippen LogP contribution is -2.35. The molecule has 0 spiro atoms. The van der Waals surface area contributed by atoms with E-state index in [1.807, 2.05) is 42.5 Å². The van der Waals surface area contributed by atoms with Crippen molar-refractivity contribution < 1.29 is 5.11 Å². The normalized spacial score (nSPS) is 18.3. The van der Waals surface area contributed by atoms with E-state index in [-0.39, 0.29) is 6.10 Å². The zero-order chi connectivity index (χ0) is 15.4. The molecule has 1 aromatic heterocycles. The van der Waals surface area contributed by atoms with Gasteiger partial charge in [-0.15, -0.1) is 0 Å². The standard InChI is InChI=1S/C18H21ClN2O/c19-17-12-14(6-9-20-17)13-21-10-7-16(8-11-21)18(22)15-4-2-1-3-5-15/h1-6,9,12,16,18,22H,7-8,10-11,13H2. The van der Waals surface area contributed by atoms with E-state index >= 15 is 0 Å². The summed E-state index contributed by atoms with van der Waals surface area (Å²) in [5.41, 5.74) is 2.23. The van der Waals surface area contributed by atoms with Crippen LogP contribution in [0, 0.1) is 5.92 Å². The molecule has 0 radical (unpaired) electrons. The van der Waals surface area contributed by atoms with Crippen molar-refractivity contribution in [2.45, 2.75) is 25.5 Å². The SMILES string of the molecule is OC(c1ccccc1)C1CCN(Cc2ccnc(Cl)c2)CC1. The monoisotopic (exact) mass is 316 g/mol. The molecule has 0 amide bonds. The van der Waals surface area contributed by atoms with E-state index in [4.69, 9.17) is 11.6 Å². The van der Waals surface area contributed by atoms with Crippen LogP contribution in [0.15, 0.2) is 48.7 Å². The first-order valence-electron chi connectivity index (χ1n) is 7.78. The Balaban J connectivity index is 1.54. The Bertz CT molecular complexity index is 597. The highest BCUT2D eigenvalue weighted by Crippen LogP contribution is 2.31. The first-order valence-corrected chi connectivity index (χ1v) is 8.16. The highest BCUT2D eigenvalue weighted by atomic mass is 35.5. The van der Waals surface area contributed by atoms with Crippen molar-refractivity contribution in [3.63, 3.8) is 0 Å². The van der Waals surface area contributed by atoms with Gasteiger partial charge in [-0.1, -0.05) is 41.9 Å². The predicted octanol–water partition coefficient (Wildman–Crippen LogP) is 3.68. The zero-order valence-electron chi connectivity index (χ0n) is 12.5. The van der Waals surface area contributed by atoms with Crippen LogP contribution in [0.25, 0.3) is 0 Å². The van der Waals surface area contributed by atoms with Crippen LogP contribution >= 0.6 is 11.6 Å². The number of hydrogen-bond donors (Lipinski definition) is 1. The molecule has 1 aliphatic heterocycles. The number of halogens is 1. The molecule has 1 saturated heterocycles. The number of aromatic nitrogens is 1. The average Bonchev–Trinajstić information content (AvgIpc) is 2.56. The molecule has 4 heteroatoms. The molecule has 2 heterocycles. The molecular weight excluding hydrogens is 296 g/mol. The van der Waals surface area contributed by atoms with E-state index in [1.165, 1.54) is 5.56 Å². The van der Waals surface area contributed by atoms with Crippen molar-refractivity contribution in [3.05, 3.63) is 64.9 Å². The molecule has 3 nitrogen and oxygen atoms in total. The number of pyridine rings is 1. The summed E-state index contributed by atoms with van der Waals surface area (Å²) < 4.78 is 0. The molecule has 1 fully saturated rings. The summed E-state index contributed by atoms with van der Waals surface area (Å²) in [4.78, 5) is 6.43. The number of rotatable bonds is 4. The number of piperidine rings is 1. The second-order valence-corrected chi connectivity index (χ2v) is 6.34. The second-order valence-electron chi connectivity index (χ2n) is 5.96. The molecule has 0 aliphatic carbocycles. The van der Waals surface area contributed by atoms with E-state index in [0.717, 1.165) is 38.0 Å². The molecule has 1 aliphatic rings. The van der Waals surface area contributed by atoms with Gasteiger partial charge in [-0.2, -0.15) is 0 Å². The summed E-state index contributed by atoms with van der Waals surface area (Å²) in [6.07, 6.45) is 3.45. The largest absolute Gasteiger partial charge is 0.388 e. The number of likely N-dealkylation sites (tertiary alicyclic amines) is 1. The van der Waals surface area contributed by atoms with Crippen molar-refractivity contribution in [2.75, 3.05) is 13.1 Å². The minimum Gasteiger partial charge on any atom is -0.388 e. The molecule has 1 unspecified atom stereocenters. The molecular formula is C18H21ClN2O. The Morgan fingerprint density at radius 1 is 1.18 bits per heavy atom. The molecule has 1 aromatic carbocycles. The molecule has 22 heavy (non-hydrogen) atoms. The van der Waals surface area contributed by atoms with Crippen LogP contribution in [0.5, 0.6) is 0 Å². The Labute approximate surface area is 136 Å².